The van der Waals surface area contributed by atoms with Gasteiger partial charge in [0, 0.05) is 21.8 Å². The Kier molecular flexibility index (Phi) is 5.15. The van der Waals surface area contributed by atoms with Crippen LogP contribution in [0.15, 0.2) is 88.5 Å². The van der Waals surface area contributed by atoms with E-state index in [-0.39, 0.29) is 0 Å². The number of benzene rings is 2. The molecule has 0 radical (unpaired) electrons. The van der Waals surface area contributed by atoms with Crippen LogP contribution in [0.1, 0.15) is 22.9 Å². The second-order valence-corrected chi connectivity index (χ2v) is 6.06. The van der Waals surface area contributed by atoms with Crippen LogP contribution in [-0.4, -0.2) is 10.7 Å². The van der Waals surface area contributed by atoms with Crippen LogP contribution in [-0.2, 0) is 0 Å². The van der Waals surface area contributed by atoms with Gasteiger partial charge in [-0.1, -0.05) is 60.7 Å². The third-order valence-electron chi connectivity index (χ3n) is 3.51. The first-order valence-electron chi connectivity index (χ1n) is 7.47. The molecule has 0 amide bonds. The van der Waals surface area contributed by atoms with Crippen LogP contribution in [0.2, 0.25) is 0 Å². The Morgan fingerprint density at radius 3 is 1.96 bits per heavy atom. The highest BCUT2D eigenvalue weighted by Crippen LogP contribution is 2.20. The van der Waals surface area contributed by atoms with Gasteiger partial charge in [-0.05, 0) is 28.1 Å². The van der Waals surface area contributed by atoms with Gasteiger partial charge >= 0.3 is 0 Å². The van der Waals surface area contributed by atoms with E-state index in [1.54, 1.807) is 6.20 Å². The smallest absolute Gasteiger partial charge is 0.178 e. The van der Waals surface area contributed by atoms with Gasteiger partial charge < -0.3 is 0 Å². The first-order chi connectivity index (χ1) is 11.8. The molecule has 24 heavy (non-hydrogen) atoms. The van der Waals surface area contributed by atoms with Crippen molar-refractivity contribution in [1.82, 2.24) is 4.98 Å². The maximum absolute atomic E-state index is 9.58. The Morgan fingerprint density at radius 2 is 1.50 bits per heavy atom. The summed E-state index contributed by atoms with van der Waals surface area (Å²) in [5, 5.41) is 9.58. The molecule has 0 aliphatic heterocycles. The SMILES string of the molecule is N#CC(N=C(c1ccccc1)c1ccccc1)c1ccc(Br)cn1. The first kappa shape index (κ1) is 16.1. The van der Waals surface area contributed by atoms with Gasteiger partial charge in [0.05, 0.1) is 17.5 Å². The summed E-state index contributed by atoms with van der Waals surface area (Å²) in [5.74, 6) is 0. The molecule has 116 valence electrons. The molecule has 4 heteroatoms. The molecule has 1 unspecified atom stereocenters. The van der Waals surface area contributed by atoms with E-state index >= 15 is 0 Å². The van der Waals surface area contributed by atoms with Gasteiger partial charge in [-0.2, -0.15) is 5.26 Å². The molecule has 3 rings (SSSR count). The molecular formula is C20H14BrN3. The molecule has 0 saturated carbocycles. The fraction of sp³-hybridized carbons (Fsp3) is 0.0500. The van der Waals surface area contributed by atoms with E-state index in [4.69, 9.17) is 4.99 Å². The van der Waals surface area contributed by atoms with Crippen molar-refractivity contribution < 1.29 is 0 Å². The number of halogens is 1. The van der Waals surface area contributed by atoms with Gasteiger partial charge in [0.2, 0.25) is 0 Å². The summed E-state index contributed by atoms with van der Waals surface area (Å²) in [6.45, 7) is 0. The second-order valence-electron chi connectivity index (χ2n) is 5.14. The number of hydrogen-bond donors (Lipinski definition) is 0. The molecular weight excluding hydrogens is 362 g/mol. The molecule has 3 aromatic rings. The zero-order valence-corrected chi connectivity index (χ0v) is 14.4. The Hall–Kier alpha value is -2.77. The van der Waals surface area contributed by atoms with E-state index in [0.717, 1.165) is 21.3 Å². The molecule has 0 aliphatic carbocycles. The summed E-state index contributed by atoms with van der Waals surface area (Å²) < 4.78 is 0.873. The van der Waals surface area contributed by atoms with E-state index < -0.39 is 6.04 Å². The lowest BCUT2D eigenvalue weighted by molar-refractivity contribution is 0.875. The quantitative estimate of drug-likeness (QED) is 0.605. The number of hydrogen-bond acceptors (Lipinski definition) is 3. The van der Waals surface area contributed by atoms with Gasteiger partial charge in [-0.3, -0.25) is 9.98 Å². The highest BCUT2D eigenvalue weighted by molar-refractivity contribution is 9.10. The molecule has 0 N–H and O–H groups in total. The van der Waals surface area contributed by atoms with Gasteiger partial charge in [0.25, 0.3) is 0 Å². The largest absolute Gasteiger partial charge is 0.259 e. The standard InChI is InChI=1S/C20H14BrN3/c21-17-11-12-18(23-14-17)19(13-22)24-20(15-7-3-1-4-8-15)16-9-5-2-6-10-16/h1-12,14,19H. The molecule has 1 atom stereocenters. The van der Waals surface area contributed by atoms with Crippen LogP contribution in [0, 0.1) is 11.3 Å². The predicted octanol–water partition coefficient (Wildman–Crippen LogP) is 4.95. The second kappa shape index (κ2) is 7.67. The van der Waals surface area contributed by atoms with Crippen molar-refractivity contribution in [3.05, 3.63) is 100 Å². The van der Waals surface area contributed by atoms with Gasteiger partial charge in [-0.15, -0.1) is 0 Å². The minimum Gasteiger partial charge on any atom is -0.259 e. The molecule has 0 fully saturated rings. The summed E-state index contributed by atoms with van der Waals surface area (Å²) in [6.07, 6.45) is 1.68. The van der Waals surface area contributed by atoms with Crippen molar-refractivity contribution in [2.24, 2.45) is 4.99 Å². The van der Waals surface area contributed by atoms with E-state index in [1.807, 2.05) is 72.8 Å². The van der Waals surface area contributed by atoms with Crippen LogP contribution in [0.25, 0.3) is 0 Å². The van der Waals surface area contributed by atoms with E-state index in [2.05, 4.69) is 27.0 Å². The van der Waals surface area contributed by atoms with Gasteiger partial charge in [0.1, 0.15) is 0 Å². The molecule has 0 spiro atoms. The number of aliphatic imine (C=N–C) groups is 1. The summed E-state index contributed by atoms with van der Waals surface area (Å²) in [7, 11) is 0. The minimum absolute atomic E-state index is 0.630. The van der Waals surface area contributed by atoms with Crippen LogP contribution >= 0.6 is 15.9 Å². The van der Waals surface area contributed by atoms with Gasteiger partial charge in [-0.25, -0.2) is 0 Å². The zero-order chi connectivity index (χ0) is 16.8. The molecule has 2 aromatic carbocycles. The maximum atomic E-state index is 9.58. The normalized spacial score (nSPS) is 11.3. The van der Waals surface area contributed by atoms with E-state index in [9.17, 15) is 5.26 Å². The van der Waals surface area contributed by atoms with E-state index in [1.165, 1.54) is 0 Å². The minimum atomic E-state index is -0.659. The van der Waals surface area contributed by atoms with Crippen LogP contribution in [0.5, 0.6) is 0 Å². The third kappa shape index (κ3) is 3.76. The van der Waals surface area contributed by atoms with Crippen molar-refractivity contribution in [1.29, 1.82) is 5.26 Å². The average Bonchev–Trinajstić information content (AvgIpc) is 2.65. The number of aromatic nitrogens is 1. The summed E-state index contributed by atoms with van der Waals surface area (Å²) >= 11 is 3.36. The summed E-state index contributed by atoms with van der Waals surface area (Å²) in [5.41, 5.74) is 3.36. The zero-order valence-electron chi connectivity index (χ0n) is 12.8. The molecule has 0 aliphatic rings. The lowest BCUT2D eigenvalue weighted by Gasteiger charge is -2.10. The van der Waals surface area contributed by atoms with Crippen molar-refractivity contribution >= 4 is 21.6 Å². The first-order valence-corrected chi connectivity index (χ1v) is 8.27. The maximum Gasteiger partial charge on any atom is 0.178 e. The van der Waals surface area contributed by atoms with E-state index in [0.29, 0.717) is 5.69 Å². The Labute approximate surface area is 149 Å². The Bertz CT molecular complexity index is 825. The van der Waals surface area contributed by atoms with Gasteiger partial charge in [0.15, 0.2) is 6.04 Å². The van der Waals surface area contributed by atoms with Crippen LogP contribution in [0.3, 0.4) is 0 Å². The monoisotopic (exact) mass is 375 g/mol. The number of rotatable bonds is 4. The van der Waals surface area contributed by atoms with Crippen LogP contribution in [0.4, 0.5) is 0 Å². The molecule has 0 bridgehead atoms. The lowest BCUT2D eigenvalue weighted by atomic mass is 10.0. The predicted molar refractivity (Wildman–Crippen MR) is 98.8 cm³/mol. The number of nitrogens with zero attached hydrogens (tertiary/aromatic N) is 3. The molecule has 1 heterocycles. The molecule has 0 saturated heterocycles. The topological polar surface area (TPSA) is 49.0 Å². The Morgan fingerprint density at radius 1 is 0.917 bits per heavy atom. The fourth-order valence-electron chi connectivity index (χ4n) is 2.35. The highest BCUT2D eigenvalue weighted by atomic mass is 79.9. The number of nitriles is 1. The Balaban J connectivity index is 2.09. The molecule has 3 nitrogen and oxygen atoms in total. The third-order valence-corrected chi connectivity index (χ3v) is 3.97. The number of pyridine rings is 1. The van der Waals surface area contributed by atoms with Crippen molar-refractivity contribution in [3.8, 4) is 6.07 Å². The summed E-state index contributed by atoms with van der Waals surface area (Å²) in [4.78, 5) is 9.03. The van der Waals surface area contributed by atoms with Crippen molar-refractivity contribution in [2.75, 3.05) is 0 Å². The summed E-state index contributed by atoms with van der Waals surface area (Å²) in [6, 6.07) is 25.0. The van der Waals surface area contributed by atoms with Crippen molar-refractivity contribution in [2.45, 2.75) is 6.04 Å². The fourth-order valence-corrected chi connectivity index (χ4v) is 2.58. The lowest BCUT2D eigenvalue weighted by Crippen LogP contribution is -2.07. The highest BCUT2D eigenvalue weighted by Gasteiger charge is 2.14. The average molecular weight is 376 g/mol. The van der Waals surface area contributed by atoms with Crippen LogP contribution < -0.4 is 0 Å². The molecule has 1 aromatic heterocycles. The van der Waals surface area contributed by atoms with Crippen molar-refractivity contribution in [3.63, 3.8) is 0 Å².